The molecular weight excluding hydrogens is 601 g/mol. The Kier molecular flexibility index (Phi) is 9.41. The molecule has 12 nitrogen and oxygen atoms in total. The van der Waals surface area contributed by atoms with E-state index in [1.165, 1.54) is 6.07 Å². The van der Waals surface area contributed by atoms with Crippen molar-refractivity contribution < 1.29 is 41.6 Å². The summed E-state index contributed by atoms with van der Waals surface area (Å²) in [4.78, 5) is 40.8. The van der Waals surface area contributed by atoms with Gasteiger partial charge < -0.3 is 23.3 Å². The standard InChI is InChI=1S/C29H29F2N4O8P/c1-28(2)16-22(24(36)42-28)34-44(43-20-11-7-4-8-12-20)40-18-21-15-29(30,31)25(41-21)35-14-13-23(32-26(35)37)33-27(38)39-17-19-9-5-3-6-10-19/h3-7,9-11,13-14,21-22,25,34H,15-18H2,1-2H3,(H,32,33,37,38). The van der Waals surface area contributed by atoms with Crippen molar-refractivity contribution in [3.63, 3.8) is 0 Å². The minimum absolute atomic E-state index is 0.0110. The van der Waals surface area contributed by atoms with E-state index in [0.717, 1.165) is 11.8 Å². The number of nitrogens with one attached hydrogen (secondary N) is 2. The van der Waals surface area contributed by atoms with Crippen molar-refractivity contribution >= 4 is 26.4 Å². The number of rotatable bonds is 11. The molecule has 5 rings (SSSR count). The second-order valence-corrected chi connectivity index (χ2v) is 11.8. The summed E-state index contributed by atoms with van der Waals surface area (Å²) in [5.41, 5.74) is -1.01. The van der Waals surface area contributed by atoms with Gasteiger partial charge in [-0.25, -0.2) is 23.5 Å². The van der Waals surface area contributed by atoms with Crippen LogP contribution in [-0.2, 0) is 30.1 Å². The lowest BCUT2D eigenvalue weighted by atomic mass is 10.0. The summed E-state index contributed by atoms with van der Waals surface area (Å²) in [6.45, 7) is 3.18. The molecule has 0 radical (unpaired) electrons. The highest BCUT2D eigenvalue weighted by molar-refractivity contribution is 7.45. The van der Waals surface area contributed by atoms with E-state index >= 15 is 8.78 Å². The van der Waals surface area contributed by atoms with Gasteiger partial charge in [-0.05, 0) is 49.7 Å². The lowest BCUT2D eigenvalue weighted by Gasteiger charge is -2.22. The van der Waals surface area contributed by atoms with Crippen LogP contribution in [0.5, 0.6) is 5.75 Å². The van der Waals surface area contributed by atoms with E-state index in [9.17, 15) is 14.4 Å². The Balaban J connectivity index is 1.20. The molecule has 232 valence electrons. The number of nitrogens with zero attached hydrogens (tertiary/aromatic N) is 2. The van der Waals surface area contributed by atoms with E-state index in [1.807, 2.05) is 6.07 Å². The van der Waals surface area contributed by atoms with Gasteiger partial charge >= 0.3 is 26.3 Å². The number of esters is 1. The van der Waals surface area contributed by atoms with E-state index in [4.69, 9.17) is 23.3 Å². The summed E-state index contributed by atoms with van der Waals surface area (Å²) >= 11 is 0. The third-order valence-electron chi connectivity index (χ3n) is 6.51. The number of aromatic nitrogens is 2. The number of benzene rings is 1. The molecule has 2 aliphatic rings. The van der Waals surface area contributed by atoms with Crippen LogP contribution in [0.15, 0.2) is 65.6 Å². The molecular formula is C29H29F2N4O8P. The highest BCUT2D eigenvalue weighted by Crippen LogP contribution is 2.44. The van der Waals surface area contributed by atoms with Crippen molar-refractivity contribution in [2.45, 2.75) is 63.2 Å². The largest absolute Gasteiger partial charge is 0.458 e. The van der Waals surface area contributed by atoms with Gasteiger partial charge in [0.1, 0.15) is 24.1 Å². The van der Waals surface area contributed by atoms with Crippen LogP contribution in [0.2, 0.25) is 0 Å². The number of anilines is 1. The molecule has 3 aromatic rings. The van der Waals surface area contributed by atoms with Crippen LogP contribution >= 0.6 is 8.53 Å². The van der Waals surface area contributed by atoms with Crippen LogP contribution in [0.4, 0.5) is 19.4 Å². The van der Waals surface area contributed by atoms with Gasteiger partial charge in [0.15, 0.2) is 5.75 Å². The van der Waals surface area contributed by atoms with Crippen molar-refractivity contribution in [1.29, 1.82) is 0 Å². The molecule has 2 saturated heterocycles. The molecule has 15 heteroatoms. The van der Waals surface area contributed by atoms with Crippen LogP contribution < -0.4 is 20.6 Å². The number of cyclic esters (lactones) is 1. The quantitative estimate of drug-likeness (QED) is 0.230. The number of halogens is 2. The summed E-state index contributed by atoms with van der Waals surface area (Å²) in [7, 11) is -2.03. The first kappa shape index (κ1) is 31.3. The van der Waals surface area contributed by atoms with Gasteiger partial charge in [0.25, 0.3) is 5.92 Å². The molecule has 4 atom stereocenters. The molecule has 44 heavy (non-hydrogen) atoms. The van der Waals surface area contributed by atoms with Crippen LogP contribution in [0.1, 0.15) is 38.5 Å². The van der Waals surface area contributed by atoms with Crippen molar-refractivity contribution in [2.24, 2.45) is 0 Å². The summed E-state index contributed by atoms with van der Waals surface area (Å²) in [5, 5.41) is 5.27. The minimum Gasteiger partial charge on any atom is -0.458 e. The third-order valence-corrected chi connectivity index (χ3v) is 7.78. The fourth-order valence-corrected chi connectivity index (χ4v) is 5.75. The molecule has 4 unspecified atom stereocenters. The monoisotopic (exact) mass is 630 g/mol. The summed E-state index contributed by atoms with van der Waals surface area (Å²) < 4.78 is 58.3. The maximum absolute atomic E-state index is 15.1. The van der Waals surface area contributed by atoms with E-state index in [0.29, 0.717) is 11.0 Å². The molecule has 0 saturated carbocycles. The number of hydrogen-bond donors (Lipinski definition) is 2. The zero-order chi connectivity index (χ0) is 31.3. The molecule has 2 N–H and O–H groups in total. The number of alkyl halides is 2. The van der Waals surface area contributed by atoms with Gasteiger partial charge in [-0.2, -0.15) is 4.98 Å². The van der Waals surface area contributed by atoms with Crippen LogP contribution in [-0.4, -0.2) is 51.9 Å². The number of carbonyl (C=O) groups excluding carboxylic acids is 2. The average Bonchev–Trinajstić information content (AvgIpc) is 3.43. The Bertz CT molecular complexity index is 1510. The average molecular weight is 631 g/mol. The Hall–Kier alpha value is -4.15. The van der Waals surface area contributed by atoms with Gasteiger partial charge in [-0.15, -0.1) is 0 Å². The fraction of sp³-hybridized carbons (Fsp3) is 0.379. The molecule has 1 amide bonds. The zero-order valence-corrected chi connectivity index (χ0v) is 24.6. The van der Waals surface area contributed by atoms with Gasteiger partial charge in [0, 0.05) is 19.0 Å². The molecule has 2 fully saturated rings. The molecule has 0 bridgehead atoms. The van der Waals surface area contributed by atoms with Gasteiger partial charge in [-0.3, -0.25) is 14.7 Å². The maximum Gasteiger partial charge on any atom is 0.413 e. The predicted molar refractivity (Wildman–Crippen MR) is 152 cm³/mol. The number of carbonyl (C=O) groups is 2. The van der Waals surface area contributed by atoms with E-state index in [-0.39, 0.29) is 24.8 Å². The summed E-state index contributed by atoms with van der Waals surface area (Å²) in [6.07, 6.45) is -3.35. The van der Waals surface area contributed by atoms with Crippen molar-refractivity contribution in [3.8, 4) is 5.75 Å². The summed E-state index contributed by atoms with van der Waals surface area (Å²) in [6, 6.07) is 19.8. The molecule has 0 aliphatic carbocycles. The van der Waals surface area contributed by atoms with Crippen LogP contribution in [0.3, 0.4) is 0 Å². The number of amides is 1. The Morgan fingerprint density at radius 2 is 1.95 bits per heavy atom. The normalized spacial score (nSPS) is 22.5. The first-order chi connectivity index (χ1) is 21.0. The zero-order valence-electron chi connectivity index (χ0n) is 23.7. The molecule has 3 heterocycles. The van der Waals surface area contributed by atoms with Gasteiger partial charge in [0.05, 0.1) is 12.7 Å². The van der Waals surface area contributed by atoms with E-state index in [2.05, 4.69) is 27.5 Å². The Morgan fingerprint density at radius 3 is 2.64 bits per heavy atom. The predicted octanol–water partition coefficient (Wildman–Crippen LogP) is 4.52. The maximum atomic E-state index is 15.1. The SMILES string of the molecule is CC1(C)CC(NP(OCC2CC(F)(F)C(n3ccc(NC(=O)OCc4ccccc4)nc3=O)O2)Oc2c#cccc2)C(=O)O1. The lowest BCUT2D eigenvalue weighted by Crippen LogP contribution is -2.35. The molecule has 1 aromatic heterocycles. The third kappa shape index (κ3) is 8.06. The van der Waals surface area contributed by atoms with E-state index in [1.54, 1.807) is 56.3 Å². The number of ether oxygens (including phenoxy) is 3. The van der Waals surface area contributed by atoms with Gasteiger partial charge in [-0.1, -0.05) is 36.4 Å². The second kappa shape index (κ2) is 13.2. The van der Waals surface area contributed by atoms with Crippen molar-refractivity contribution in [3.05, 3.63) is 89.0 Å². The summed E-state index contributed by atoms with van der Waals surface area (Å²) in [5.74, 6) is -3.86. The van der Waals surface area contributed by atoms with E-state index < -0.39 is 62.6 Å². The molecule has 2 aromatic carbocycles. The smallest absolute Gasteiger partial charge is 0.413 e. The minimum atomic E-state index is -3.46. The molecule has 0 spiro atoms. The highest BCUT2D eigenvalue weighted by atomic mass is 31.2. The molecule has 2 aliphatic heterocycles. The fourth-order valence-electron chi connectivity index (χ4n) is 4.53. The highest BCUT2D eigenvalue weighted by Gasteiger charge is 2.52. The van der Waals surface area contributed by atoms with Gasteiger partial charge in [0.2, 0.25) is 6.23 Å². The second-order valence-electron chi connectivity index (χ2n) is 10.6. The topological polar surface area (TPSA) is 139 Å². The lowest BCUT2D eigenvalue weighted by molar-refractivity contribution is -0.147. The van der Waals surface area contributed by atoms with Crippen molar-refractivity contribution in [1.82, 2.24) is 14.6 Å². The first-order valence-electron chi connectivity index (χ1n) is 13.6. The Labute approximate surface area is 252 Å². The van der Waals surface area contributed by atoms with Crippen molar-refractivity contribution in [2.75, 3.05) is 11.9 Å². The first-order valence-corrected chi connectivity index (χ1v) is 14.7. The number of hydrogen-bond acceptors (Lipinski definition) is 10. The van der Waals surface area contributed by atoms with Crippen LogP contribution in [0, 0.1) is 12.1 Å². The Morgan fingerprint density at radius 1 is 1.16 bits per heavy atom. The van der Waals surface area contributed by atoms with Crippen LogP contribution in [0.25, 0.3) is 0 Å².